The molecule has 4 heteroatoms. The average molecular weight is 294 g/mol. The SMILES string of the molecule is O=C(NCC(O)Cc1ccccc1)c1cc2ccccn2c1. The number of nitrogens with one attached hydrogen (secondary N) is 1. The molecule has 0 saturated heterocycles. The first-order chi connectivity index (χ1) is 10.7. The van der Waals surface area contributed by atoms with Crippen LogP contribution in [0.5, 0.6) is 0 Å². The minimum atomic E-state index is -0.594. The van der Waals surface area contributed by atoms with Crippen LogP contribution in [-0.4, -0.2) is 28.1 Å². The maximum atomic E-state index is 12.1. The van der Waals surface area contributed by atoms with Crippen molar-refractivity contribution in [3.63, 3.8) is 0 Å². The maximum absolute atomic E-state index is 12.1. The molecule has 1 aromatic carbocycles. The van der Waals surface area contributed by atoms with E-state index in [0.717, 1.165) is 11.1 Å². The van der Waals surface area contributed by atoms with Crippen LogP contribution in [-0.2, 0) is 6.42 Å². The quantitative estimate of drug-likeness (QED) is 0.758. The van der Waals surface area contributed by atoms with Crippen molar-refractivity contribution in [1.82, 2.24) is 9.72 Å². The number of carbonyl (C=O) groups excluding carboxylic acids is 1. The van der Waals surface area contributed by atoms with Crippen molar-refractivity contribution in [3.8, 4) is 0 Å². The van der Waals surface area contributed by atoms with Crippen LogP contribution < -0.4 is 5.32 Å². The molecule has 0 aliphatic heterocycles. The number of hydrogen-bond donors (Lipinski definition) is 2. The number of aromatic nitrogens is 1. The summed E-state index contributed by atoms with van der Waals surface area (Å²) in [6.45, 7) is 0.236. The Morgan fingerprint density at radius 2 is 1.91 bits per heavy atom. The highest BCUT2D eigenvalue weighted by Crippen LogP contribution is 2.09. The highest BCUT2D eigenvalue weighted by atomic mass is 16.3. The van der Waals surface area contributed by atoms with E-state index >= 15 is 0 Å². The topological polar surface area (TPSA) is 53.7 Å². The molecule has 0 radical (unpaired) electrons. The molecule has 0 fully saturated rings. The highest BCUT2D eigenvalue weighted by Gasteiger charge is 2.11. The van der Waals surface area contributed by atoms with Crippen LogP contribution in [0.2, 0.25) is 0 Å². The lowest BCUT2D eigenvalue weighted by atomic mass is 10.1. The van der Waals surface area contributed by atoms with Gasteiger partial charge in [0.2, 0.25) is 0 Å². The molecular formula is C18H18N2O2. The van der Waals surface area contributed by atoms with Gasteiger partial charge in [-0.25, -0.2) is 0 Å². The number of amides is 1. The van der Waals surface area contributed by atoms with Gasteiger partial charge in [-0.2, -0.15) is 0 Å². The molecular weight excluding hydrogens is 276 g/mol. The fourth-order valence-electron chi connectivity index (χ4n) is 2.45. The van der Waals surface area contributed by atoms with Gasteiger partial charge in [-0.1, -0.05) is 36.4 Å². The molecule has 0 aliphatic rings. The van der Waals surface area contributed by atoms with E-state index in [1.165, 1.54) is 0 Å². The molecule has 22 heavy (non-hydrogen) atoms. The largest absolute Gasteiger partial charge is 0.391 e. The van der Waals surface area contributed by atoms with Crippen LogP contribution in [0.4, 0.5) is 0 Å². The zero-order valence-electron chi connectivity index (χ0n) is 12.1. The zero-order valence-corrected chi connectivity index (χ0v) is 12.1. The summed E-state index contributed by atoms with van der Waals surface area (Å²) in [6, 6.07) is 17.4. The number of benzene rings is 1. The molecule has 4 nitrogen and oxygen atoms in total. The Balaban J connectivity index is 1.57. The summed E-state index contributed by atoms with van der Waals surface area (Å²) in [4.78, 5) is 12.1. The summed E-state index contributed by atoms with van der Waals surface area (Å²) in [5, 5.41) is 12.8. The first-order valence-electron chi connectivity index (χ1n) is 7.29. The van der Waals surface area contributed by atoms with E-state index in [-0.39, 0.29) is 12.5 Å². The Morgan fingerprint density at radius 3 is 2.68 bits per heavy atom. The third-order valence-electron chi connectivity index (χ3n) is 3.58. The van der Waals surface area contributed by atoms with E-state index in [0.29, 0.717) is 12.0 Å². The summed E-state index contributed by atoms with van der Waals surface area (Å²) in [5.41, 5.74) is 2.62. The van der Waals surface area contributed by atoms with E-state index < -0.39 is 6.10 Å². The summed E-state index contributed by atoms with van der Waals surface area (Å²) in [5.74, 6) is -0.171. The molecule has 2 aromatic heterocycles. The van der Waals surface area contributed by atoms with Crippen LogP contribution in [0.15, 0.2) is 67.0 Å². The predicted octanol–water partition coefficient (Wildman–Crippen LogP) is 2.27. The third kappa shape index (κ3) is 3.35. The van der Waals surface area contributed by atoms with Crippen LogP contribution >= 0.6 is 0 Å². The first kappa shape index (κ1) is 14.4. The molecule has 3 rings (SSSR count). The second kappa shape index (κ2) is 6.45. The van der Waals surface area contributed by atoms with E-state index in [9.17, 15) is 9.90 Å². The monoisotopic (exact) mass is 294 g/mol. The van der Waals surface area contributed by atoms with Gasteiger partial charge in [-0.05, 0) is 23.8 Å². The molecule has 0 aliphatic carbocycles. The molecule has 0 bridgehead atoms. The fourth-order valence-corrected chi connectivity index (χ4v) is 2.45. The number of aliphatic hydroxyl groups is 1. The number of rotatable bonds is 5. The van der Waals surface area contributed by atoms with Crippen LogP contribution in [0.25, 0.3) is 5.52 Å². The predicted molar refractivity (Wildman–Crippen MR) is 85.9 cm³/mol. The van der Waals surface area contributed by atoms with Crippen LogP contribution in [0.3, 0.4) is 0 Å². The van der Waals surface area contributed by atoms with Gasteiger partial charge in [-0.3, -0.25) is 4.79 Å². The Morgan fingerprint density at radius 1 is 1.14 bits per heavy atom. The number of aliphatic hydroxyl groups excluding tert-OH is 1. The molecule has 0 spiro atoms. The number of hydrogen-bond acceptors (Lipinski definition) is 2. The van der Waals surface area contributed by atoms with Crippen molar-refractivity contribution >= 4 is 11.4 Å². The Bertz CT molecular complexity index is 732. The van der Waals surface area contributed by atoms with Gasteiger partial charge in [0.15, 0.2) is 0 Å². The molecule has 1 atom stereocenters. The minimum absolute atomic E-state index is 0.171. The van der Waals surface area contributed by atoms with Crippen molar-refractivity contribution in [2.45, 2.75) is 12.5 Å². The van der Waals surface area contributed by atoms with Crippen molar-refractivity contribution in [2.75, 3.05) is 6.54 Å². The Hall–Kier alpha value is -2.59. The molecule has 2 heterocycles. The zero-order chi connectivity index (χ0) is 15.4. The van der Waals surface area contributed by atoms with Gasteiger partial charge in [0.05, 0.1) is 11.7 Å². The lowest BCUT2D eigenvalue weighted by Crippen LogP contribution is -2.33. The molecule has 2 N–H and O–H groups in total. The second-order valence-corrected chi connectivity index (χ2v) is 5.32. The molecule has 112 valence electrons. The standard InChI is InChI=1S/C18H18N2O2/c21-17(10-14-6-2-1-3-7-14)12-19-18(22)15-11-16-8-4-5-9-20(16)13-15/h1-9,11,13,17,21H,10,12H2,(H,19,22). The van der Waals surface area contributed by atoms with E-state index in [2.05, 4.69) is 5.32 Å². The average Bonchev–Trinajstić information content (AvgIpc) is 2.98. The fraction of sp³-hybridized carbons (Fsp3) is 0.167. The minimum Gasteiger partial charge on any atom is -0.391 e. The number of fused-ring (bicyclic) bond motifs is 1. The van der Waals surface area contributed by atoms with Crippen molar-refractivity contribution in [3.05, 3.63) is 78.1 Å². The Labute approximate surface area is 129 Å². The van der Waals surface area contributed by atoms with Gasteiger partial charge in [0, 0.05) is 30.9 Å². The summed E-state index contributed by atoms with van der Waals surface area (Å²) >= 11 is 0. The Kier molecular flexibility index (Phi) is 4.21. The van der Waals surface area contributed by atoms with E-state index in [1.807, 2.05) is 65.2 Å². The van der Waals surface area contributed by atoms with Gasteiger partial charge in [0.1, 0.15) is 0 Å². The first-order valence-corrected chi connectivity index (χ1v) is 7.29. The van der Waals surface area contributed by atoms with Crippen molar-refractivity contribution in [2.24, 2.45) is 0 Å². The second-order valence-electron chi connectivity index (χ2n) is 5.32. The molecule has 1 amide bonds. The van der Waals surface area contributed by atoms with Crippen LogP contribution in [0, 0.1) is 0 Å². The van der Waals surface area contributed by atoms with E-state index in [1.54, 1.807) is 6.20 Å². The third-order valence-corrected chi connectivity index (χ3v) is 3.58. The molecule has 1 unspecified atom stereocenters. The maximum Gasteiger partial charge on any atom is 0.252 e. The summed E-state index contributed by atoms with van der Waals surface area (Å²) < 4.78 is 1.90. The number of carbonyl (C=O) groups is 1. The smallest absolute Gasteiger partial charge is 0.252 e. The molecule has 3 aromatic rings. The normalized spacial score (nSPS) is 12.2. The lowest BCUT2D eigenvalue weighted by molar-refractivity contribution is 0.0916. The van der Waals surface area contributed by atoms with Crippen molar-refractivity contribution in [1.29, 1.82) is 0 Å². The van der Waals surface area contributed by atoms with Gasteiger partial charge in [-0.15, -0.1) is 0 Å². The van der Waals surface area contributed by atoms with Gasteiger partial charge in [0.25, 0.3) is 5.91 Å². The summed E-state index contributed by atoms with van der Waals surface area (Å²) in [7, 11) is 0. The highest BCUT2D eigenvalue weighted by molar-refractivity contribution is 5.95. The summed E-state index contributed by atoms with van der Waals surface area (Å²) in [6.07, 6.45) is 3.62. The van der Waals surface area contributed by atoms with Gasteiger partial charge < -0.3 is 14.8 Å². The number of nitrogens with zero attached hydrogens (tertiary/aromatic N) is 1. The van der Waals surface area contributed by atoms with Crippen LogP contribution in [0.1, 0.15) is 15.9 Å². The van der Waals surface area contributed by atoms with Crippen molar-refractivity contribution < 1.29 is 9.90 Å². The lowest BCUT2D eigenvalue weighted by Gasteiger charge is -2.11. The molecule has 0 saturated carbocycles. The van der Waals surface area contributed by atoms with E-state index in [4.69, 9.17) is 0 Å². The van der Waals surface area contributed by atoms with Gasteiger partial charge >= 0.3 is 0 Å². The number of pyridine rings is 1.